The van der Waals surface area contributed by atoms with Crippen molar-refractivity contribution >= 4 is 35.0 Å². The minimum absolute atomic E-state index is 0.0323. The van der Waals surface area contributed by atoms with Gasteiger partial charge in [-0.05, 0) is 51.5 Å². The van der Waals surface area contributed by atoms with Gasteiger partial charge in [-0.2, -0.15) is 0 Å². The molecule has 0 bridgehead atoms. The van der Waals surface area contributed by atoms with E-state index in [9.17, 15) is 14.0 Å². The van der Waals surface area contributed by atoms with Crippen LogP contribution in [0.15, 0.2) is 42.5 Å². The SMILES string of the molecule is CC(C(=O)NC(C)(C)C)N(Cc1c(Cl)cccc1Cl)C(=O)Cc1ccccc1F. The second-order valence-electron chi connectivity index (χ2n) is 7.91. The zero-order valence-electron chi connectivity index (χ0n) is 16.9. The van der Waals surface area contributed by atoms with Crippen molar-refractivity contribution in [1.82, 2.24) is 10.2 Å². The average Bonchev–Trinajstić information content (AvgIpc) is 2.61. The Labute approximate surface area is 181 Å². The van der Waals surface area contributed by atoms with E-state index in [4.69, 9.17) is 23.2 Å². The van der Waals surface area contributed by atoms with Gasteiger partial charge in [0.25, 0.3) is 0 Å². The van der Waals surface area contributed by atoms with Crippen LogP contribution in [0.25, 0.3) is 0 Å². The summed E-state index contributed by atoms with van der Waals surface area (Å²) in [5.41, 5.74) is 0.331. The zero-order valence-corrected chi connectivity index (χ0v) is 18.4. The highest BCUT2D eigenvalue weighted by Gasteiger charge is 2.29. The molecule has 0 aliphatic carbocycles. The summed E-state index contributed by atoms with van der Waals surface area (Å²) in [5, 5.41) is 3.66. The van der Waals surface area contributed by atoms with E-state index in [0.717, 1.165) is 0 Å². The predicted molar refractivity (Wildman–Crippen MR) is 114 cm³/mol. The normalized spacial score (nSPS) is 12.4. The number of carbonyl (C=O) groups excluding carboxylic acids is 2. The van der Waals surface area contributed by atoms with E-state index in [1.54, 1.807) is 43.3 Å². The van der Waals surface area contributed by atoms with E-state index in [0.29, 0.717) is 15.6 Å². The van der Waals surface area contributed by atoms with Crippen molar-refractivity contribution in [2.45, 2.75) is 52.2 Å². The molecule has 0 radical (unpaired) electrons. The minimum Gasteiger partial charge on any atom is -0.350 e. The molecule has 29 heavy (non-hydrogen) atoms. The van der Waals surface area contributed by atoms with Crippen LogP contribution < -0.4 is 5.32 Å². The number of carbonyl (C=O) groups is 2. The Hall–Kier alpha value is -2.11. The summed E-state index contributed by atoms with van der Waals surface area (Å²) in [6, 6.07) is 10.3. The van der Waals surface area contributed by atoms with Crippen molar-refractivity contribution in [3.05, 3.63) is 69.5 Å². The van der Waals surface area contributed by atoms with Gasteiger partial charge < -0.3 is 10.2 Å². The molecule has 2 aromatic carbocycles. The third-order valence-corrected chi connectivity index (χ3v) is 5.06. The summed E-state index contributed by atoms with van der Waals surface area (Å²) in [6.45, 7) is 7.23. The van der Waals surface area contributed by atoms with Gasteiger partial charge in [-0.3, -0.25) is 9.59 Å². The largest absolute Gasteiger partial charge is 0.350 e. The van der Waals surface area contributed by atoms with Crippen molar-refractivity contribution in [3.8, 4) is 0 Å². The molecule has 2 amide bonds. The fourth-order valence-corrected chi connectivity index (χ4v) is 3.33. The maximum atomic E-state index is 14.1. The van der Waals surface area contributed by atoms with Crippen molar-refractivity contribution in [2.75, 3.05) is 0 Å². The maximum Gasteiger partial charge on any atom is 0.242 e. The number of hydrogen-bond acceptors (Lipinski definition) is 2. The predicted octanol–water partition coefficient (Wildman–Crippen LogP) is 5.01. The maximum absolute atomic E-state index is 14.1. The molecule has 0 aromatic heterocycles. The van der Waals surface area contributed by atoms with Gasteiger partial charge in [0.1, 0.15) is 11.9 Å². The third-order valence-electron chi connectivity index (χ3n) is 4.36. The highest BCUT2D eigenvalue weighted by Crippen LogP contribution is 2.27. The summed E-state index contributed by atoms with van der Waals surface area (Å²) in [4.78, 5) is 27.2. The van der Waals surface area contributed by atoms with Crippen LogP contribution in [-0.2, 0) is 22.6 Å². The molecule has 0 saturated carbocycles. The van der Waals surface area contributed by atoms with Gasteiger partial charge in [-0.1, -0.05) is 47.5 Å². The number of rotatable bonds is 6. The summed E-state index contributed by atoms with van der Waals surface area (Å²) in [5.74, 6) is -1.19. The van der Waals surface area contributed by atoms with Gasteiger partial charge in [-0.25, -0.2) is 4.39 Å². The smallest absolute Gasteiger partial charge is 0.242 e. The van der Waals surface area contributed by atoms with E-state index in [1.165, 1.54) is 11.0 Å². The second kappa shape index (κ2) is 9.59. The molecule has 0 spiro atoms. The van der Waals surface area contributed by atoms with Crippen LogP contribution in [0, 0.1) is 5.82 Å². The van der Waals surface area contributed by atoms with Gasteiger partial charge in [0.05, 0.1) is 6.42 Å². The molecule has 1 atom stereocenters. The Morgan fingerprint density at radius 1 is 1.07 bits per heavy atom. The molecule has 0 aliphatic heterocycles. The van der Waals surface area contributed by atoms with Crippen molar-refractivity contribution < 1.29 is 14.0 Å². The Morgan fingerprint density at radius 3 is 2.21 bits per heavy atom. The molecule has 2 rings (SSSR count). The van der Waals surface area contributed by atoms with E-state index < -0.39 is 23.3 Å². The molecular formula is C22H25Cl2FN2O2. The van der Waals surface area contributed by atoms with Gasteiger partial charge >= 0.3 is 0 Å². The van der Waals surface area contributed by atoms with Crippen LogP contribution in [0.3, 0.4) is 0 Å². The first kappa shape index (κ1) is 23.2. The van der Waals surface area contributed by atoms with E-state index in [-0.39, 0.29) is 24.4 Å². The first-order chi connectivity index (χ1) is 13.5. The van der Waals surface area contributed by atoms with Crippen molar-refractivity contribution in [2.24, 2.45) is 0 Å². The standard InChI is InChI=1S/C22H25Cl2FN2O2/c1-14(21(29)26-22(2,3)4)27(13-16-17(23)9-7-10-18(16)24)20(28)12-15-8-5-6-11-19(15)25/h5-11,14H,12-13H2,1-4H3,(H,26,29). The quantitative estimate of drug-likeness (QED) is 0.688. The summed E-state index contributed by atoms with van der Waals surface area (Å²) in [6.07, 6.45) is -0.179. The van der Waals surface area contributed by atoms with Crippen LogP contribution in [0.1, 0.15) is 38.8 Å². The fourth-order valence-electron chi connectivity index (χ4n) is 2.82. The molecule has 4 nitrogen and oxygen atoms in total. The first-order valence-electron chi connectivity index (χ1n) is 9.27. The molecule has 0 saturated heterocycles. The highest BCUT2D eigenvalue weighted by molar-refractivity contribution is 6.36. The number of nitrogens with zero attached hydrogens (tertiary/aromatic N) is 1. The number of nitrogens with one attached hydrogen (secondary N) is 1. The molecule has 0 fully saturated rings. The third kappa shape index (κ3) is 6.44. The highest BCUT2D eigenvalue weighted by atomic mass is 35.5. The van der Waals surface area contributed by atoms with E-state index in [1.807, 2.05) is 20.8 Å². The molecule has 1 N–H and O–H groups in total. The number of hydrogen-bond donors (Lipinski definition) is 1. The molecule has 156 valence electrons. The van der Waals surface area contributed by atoms with Crippen LogP contribution in [0.4, 0.5) is 4.39 Å². The second-order valence-corrected chi connectivity index (χ2v) is 8.72. The molecule has 7 heteroatoms. The van der Waals surface area contributed by atoms with Crippen LogP contribution in [0.5, 0.6) is 0 Å². The zero-order chi connectivity index (χ0) is 21.8. The lowest BCUT2D eigenvalue weighted by Gasteiger charge is -2.32. The molecule has 0 aliphatic rings. The lowest BCUT2D eigenvalue weighted by molar-refractivity contribution is -0.140. The minimum atomic E-state index is -0.805. The Bertz CT molecular complexity index is 876. The van der Waals surface area contributed by atoms with E-state index >= 15 is 0 Å². The summed E-state index contributed by atoms with van der Waals surface area (Å²) < 4.78 is 14.1. The Morgan fingerprint density at radius 2 is 1.66 bits per heavy atom. The van der Waals surface area contributed by atoms with Gasteiger partial charge in [0.2, 0.25) is 11.8 Å². The fraction of sp³-hybridized carbons (Fsp3) is 0.364. The number of benzene rings is 2. The lowest BCUT2D eigenvalue weighted by atomic mass is 10.1. The topological polar surface area (TPSA) is 49.4 Å². The number of amides is 2. The van der Waals surface area contributed by atoms with Crippen LogP contribution in [0.2, 0.25) is 10.0 Å². The monoisotopic (exact) mass is 438 g/mol. The summed E-state index contributed by atoms with van der Waals surface area (Å²) in [7, 11) is 0. The molecule has 0 heterocycles. The molecule has 2 aromatic rings. The average molecular weight is 439 g/mol. The molecule has 1 unspecified atom stereocenters. The van der Waals surface area contributed by atoms with Crippen molar-refractivity contribution in [3.63, 3.8) is 0 Å². The Balaban J connectivity index is 2.35. The first-order valence-corrected chi connectivity index (χ1v) is 10.0. The van der Waals surface area contributed by atoms with E-state index in [2.05, 4.69) is 5.32 Å². The summed E-state index contributed by atoms with van der Waals surface area (Å²) >= 11 is 12.5. The van der Waals surface area contributed by atoms with Crippen LogP contribution in [-0.4, -0.2) is 28.3 Å². The van der Waals surface area contributed by atoms with Gasteiger partial charge in [-0.15, -0.1) is 0 Å². The van der Waals surface area contributed by atoms with Gasteiger partial charge in [0.15, 0.2) is 0 Å². The molecular weight excluding hydrogens is 414 g/mol. The van der Waals surface area contributed by atoms with Gasteiger partial charge in [0, 0.05) is 27.7 Å². The van der Waals surface area contributed by atoms with Crippen LogP contribution >= 0.6 is 23.2 Å². The number of halogens is 3. The van der Waals surface area contributed by atoms with Crippen molar-refractivity contribution in [1.29, 1.82) is 0 Å². The lowest BCUT2D eigenvalue weighted by Crippen LogP contribution is -2.52. The Kier molecular flexibility index (Phi) is 7.66.